The van der Waals surface area contributed by atoms with Gasteiger partial charge in [0.2, 0.25) is 5.91 Å². The lowest BCUT2D eigenvalue weighted by atomic mass is 9.87. The first-order valence-corrected chi connectivity index (χ1v) is 7.42. The van der Waals surface area contributed by atoms with Crippen LogP contribution in [0.25, 0.3) is 0 Å². The van der Waals surface area contributed by atoms with Crippen LogP contribution in [-0.2, 0) is 9.59 Å². The van der Waals surface area contributed by atoms with Crippen molar-refractivity contribution in [3.8, 4) is 0 Å². The van der Waals surface area contributed by atoms with Gasteiger partial charge in [0.25, 0.3) is 0 Å². The molecule has 19 heavy (non-hydrogen) atoms. The number of carbonyl (C=O) groups is 2. The first-order chi connectivity index (χ1) is 9.15. The molecular weight excluding hydrogens is 244 g/mol. The van der Waals surface area contributed by atoms with Gasteiger partial charge in [0.15, 0.2) is 0 Å². The van der Waals surface area contributed by atoms with Gasteiger partial charge in [-0.2, -0.15) is 0 Å². The fraction of sp³-hybridized carbons (Fsp3) is 0.857. The maximum absolute atomic E-state index is 12.5. The Morgan fingerprint density at radius 2 is 1.84 bits per heavy atom. The Bertz CT molecular complexity index is 365. The summed E-state index contributed by atoms with van der Waals surface area (Å²) >= 11 is 0. The maximum Gasteiger partial charge on any atom is 0.303 e. The number of hydrogen-bond donors (Lipinski definition) is 2. The summed E-state index contributed by atoms with van der Waals surface area (Å²) in [6, 6.07) is 0.593. The summed E-state index contributed by atoms with van der Waals surface area (Å²) < 4.78 is 0. The monoisotopic (exact) mass is 266 g/mol. The Balaban J connectivity index is 1.65. The lowest BCUT2D eigenvalue weighted by Gasteiger charge is -2.40. The van der Waals surface area contributed by atoms with E-state index in [0.29, 0.717) is 0 Å². The smallest absolute Gasteiger partial charge is 0.303 e. The number of rotatable bonds is 3. The average molecular weight is 266 g/mol. The van der Waals surface area contributed by atoms with Crippen molar-refractivity contribution in [1.82, 2.24) is 10.2 Å². The predicted octanol–water partition coefficient (Wildman–Crippen LogP) is 0.983. The van der Waals surface area contributed by atoms with Gasteiger partial charge in [-0.05, 0) is 51.0 Å². The van der Waals surface area contributed by atoms with Crippen LogP contribution in [0.15, 0.2) is 0 Å². The van der Waals surface area contributed by atoms with Gasteiger partial charge < -0.3 is 15.3 Å². The van der Waals surface area contributed by atoms with Crippen LogP contribution in [-0.4, -0.2) is 46.6 Å². The molecule has 0 aliphatic carbocycles. The summed E-state index contributed by atoms with van der Waals surface area (Å²) in [5.41, 5.74) is 0. The summed E-state index contributed by atoms with van der Waals surface area (Å²) in [5.74, 6) is -0.184. The second kappa shape index (κ2) is 5.12. The molecule has 5 nitrogen and oxygen atoms in total. The van der Waals surface area contributed by atoms with E-state index in [1.807, 2.05) is 0 Å². The molecule has 1 amide bonds. The van der Waals surface area contributed by atoms with Gasteiger partial charge in [-0.3, -0.25) is 9.59 Å². The van der Waals surface area contributed by atoms with Gasteiger partial charge in [0.05, 0.1) is 6.04 Å². The van der Waals surface area contributed by atoms with E-state index in [9.17, 15) is 9.59 Å². The average Bonchev–Trinajstić information content (AvgIpc) is 2.95. The highest BCUT2D eigenvalue weighted by Crippen LogP contribution is 2.40. The molecule has 3 aliphatic heterocycles. The summed E-state index contributed by atoms with van der Waals surface area (Å²) in [5, 5.41) is 12.2. The van der Waals surface area contributed by atoms with Crippen LogP contribution in [0.5, 0.6) is 0 Å². The molecule has 0 aromatic rings. The zero-order valence-electron chi connectivity index (χ0n) is 11.2. The van der Waals surface area contributed by atoms with E-state index in [4.69, 9.17) is 5.11 Å². The molecule has 0 saturated carbocycles. The number of carboxylic acids is 1. The van der Waals surface area contributed by atoms with Crippen LogP contribution >= 0.6 is 0 Å². The van der Waals surface area contributed by atoms with Crippen molar-refractivity contribution < 1.29 is 14.7 Å². The fourth-order valence-corrected chi connectivity index (χ4v) is 4.14. The molecule has 0 aromatic heterocycles. The molecule has 106 valence electrons. The second-order valence-corrected chi connectivity index (χ2v) is 6.21. The quantitative estimate of drug-likeness (QED) is 0.799. The third kappa shape index (κ3) is 2.48. The summed E-state index contributed by atoms with van der Waals surface area (Å²) in [7, 11) is 0. The molecule has 2 N–H and O–H groups in total. The van der Waals surface area contributed by atoms with E-state index in [0.717, 1.165) is 45.1 Å². The number of nitrogens with one attached hydrogen (secondary N) is 1. The lowest BCUT2D eigenvalue weighted by Crippen LogP contribution is -2.52. The first-order valence-electron chi connectivity index (χ1n) is 7.42. The zero-order chi connectivity index (χ0) is 13.4. The summed E-state index contributed by atoms with van der Waals surface area (Å²) in [4.78, 5) is 25.5. The van der Waals surface area contributed by atoms with E-state index in [2.05, 4.69) is 10.2 Å². The maximum atomic E-state index is 12.5. The van der Waals surface area contributed by atoms with Crippen LogP contribution in [0.2, 0.25) is 0 Å². The van der Waals surface area contributed by atoms with Gasteiger partial charge in [0, 0.05) is 18.5 Å². The molecule has 0 aromatic carbocycles. The Morgan fingerprint density at radius 1 is 1.16 bits per heavy atom. The molecule has 2 bridgehead atoms. The van der Waals surface area contributed by atoms with Crippen molar-refractivity contribution >= 4 is 11.9 Å². The third-order valence-corrected chi connectivity index (χ3v) is 4.91. The number of aliphatic carboxylic acids is 1. The van der Waals surface area contributed by atoms with E-state index in [1.165, 1.54) is 0 Å². The number of fused-ring (bicyclic) bond motifs is 2. The number of amides is 1. The number of carboxylic acid groups (broad SMARTS) is 1. The molecule has 3 saturated heterocycles. The molecule has 5 heteroatoms. The van der Waals surface area contributed by atoms with Crippen molar-refractivity contribution in [2.45, 2.75) is 63.1 Å². The Hall–Kier alpha value is -1.10. The normalized spacial score (nSPS) is 37.6. The topological polar surface area (TPSA) is 69.6 Å². The van der Waals surface area contributed by atoms with Gasteiger partial charge in [-0.1, -0.05) is 0 Å². The molecule has 3 fully saturated rings. The molecule has 3 atom stereocenters. The molecular formula is C14H22N2O3. The van der Waals surface area contributed by atoms with Gasteiger partial charge in [-0.25, -0.2) is 0 Å². The highest BCUT2D eigenvalue weighted by Gasteiger charge is 2.45. The number of carbonyl (C=O) groups excluding carboxylic acids is 1. The van der Waals surface area contributed by atoms with Gasteiger partial charge in [0.1, 0.15) is 0 Å². The fourth-order valence-electron chi connectivity index (χ4n) is 4.14. The SMILES string of the molecule is O=C(O)CC1CC2CCC(C1)N2C(=O)[C@H]1CCCN1. The Kier molecular flexibility index (Phi) is 3.48. The van der Waals surface area contributed by atoms with Crippen molar-refractivity contribution in [2.24, 2.45) is 5.92 Å². The van der Waals surface area contributed by atoms with Crippen LogP contribution < -0.4 is 5.32 Å². The minimum Gasteiger partial charge on any atom is -0.481 e. The minimum atomic E-state index is -0.707. The molecule has 0 spiro atoms. The highest BCUT2D eigenvalue weighted by atomic mass is 16.4. The largest absolute Gasteiger partial charge is 0.481 e. The van der Waals surface area contributed by atoms with Crippen molar-refractivity contribution in [2.75, 3.05) is 6.54 Å². The molecule has 3 aliphatic rings. The van der Waals surface area contributed by atoms with E-state index < -0.39 is 5.97 Å². The molecule has 3 heterocycles. The first kappa shape index (κ1) is 12.9. The van der Waals surface area contributed by atoms with Crippen molar-refractivity contribution in [1.29, 1.82) is 0 Å². The minimum absolute atomic E-state index is 0.0131. The highest BCUT2D eigenvalue weighted by molar-refractivity contribution is 5.83. The summed E-state index contributed by atoms with van der Waals surface area (Å²) in [6.07, 6.45) is 6.16. The van der Waals surface area contributed by atoms with Crippen LogP contribution in [0, 0.1) is 5.92 Å². The molecule has 3 rings (SSSR count). The summed E-state index contributed by atoms with van der Waals surface area (Å²) in [6.45, 7) is 0.946. The van der Waals surface area contributed by atoms with E-state index in [-0.39, 0.29) is 36.4 Å². The third-order valence-electron chi connectivity index (χ3n) is 4.91. The van der Waals surface area contributed by atoms with Crippen molar-refractivity contribution in [3.05, 3.63) is 0 Å². The molecule has 0 radical (unpaired) electrons. The van der Waals surface area contributed by atoms with Crippen LogP contribution in [0.3, 0.4) is 0 Å². The molecule has 2 unspecified atom stereocenters. The zero-order valence-corrected chi connectivity index (χ0v) is 11.2. The Morgan fingerprint density at radius 3 is 2.37 bits per heavy atom. The standard InChI is InChI=1S/C14H22N2O3/c17-13(18)8-9-6-10-3-4-11(7-9)16(10)14(19)12-2-1-5-15-12/h9-12,15H,1-8H2,(H,17,18)/t9?,10?,11?,12-/m1/s1. The lowest BCUT2D eigenvalue weighted by molar-refractivity contribution is -0.140. The second-order valence-electron chi connectivity index (χ2n) is 6.21. The number of piperidine rings is 1. The predicted molar refractivity (Wildman–Crippen MR) is 69.7 cm³/mol. The van der Waals surface area contributed by atoms with Crippen LogP contribution in [0.1, 0.15) is 44.9 Å². The van der Waals surface area contributed by atoms with E-state index >= 15 is 0 Å². The van der Waals surface area contributed by atoms with Gasteiger partial charge in [-0.15, -0.1) is 0 Å². The van der Waals surface area contributed by atoms with E-state index in [1.54, 1.807) is 0 Å². The van der Waals surface area contributed by atoms with Crippen LogP contribution in [0.4, 0.5) is 0 Å². The number of hydrogen-bond acceptors (Lipinski definition) is 3. The van der Waals surface area contributed by atoms with Crippen molar-refractivity contribution in [3.63, 3.8) is 0 Å². The Labute approximate surface area is 113 Å². The van der Waals surface area contributed by atoms with Gasteiger partial charge >= 0.3 is 5.97 Å². The number of nitrogens with zero attached hydrogens (tertiary/aromatic N) is 1.